The molecule has 0 saturated heterocycles. The minimum absolute atomic E-state index is 0.669. The molecule has 0 bridgehead atoms. The summed E-state index contributed by atoms with van der Waals surface area (Å²) in [6.45, 7) is 2.91. The van der Waals surface area contributed by atoms with Crippen LogP contribution in [0, 0.1) is 0 Å². The van der Waals surface area contributed by atoms with Crippen LogP contribution < -0.4 is 5.73 Å². The Labute approximate surface area is 119 Å². The molecule has 1 aromatic heterocycles. The van der Waals surface area contributed by atoms with Crippen molar-refractivity contribution in [3.8, 4) is 11.4 Å². The lowest BCUT2D eigenvalue weighted by Gasteiger charge is -2.09. The lowest BCUT2D eigenvalue weighted by Crippen LogP contribution is -2.08. The zero-order valence-electron chi connectivity index (χ0n) is 11.8. The summed E-state index contributed by atoms with van der Waals surface area (Å²) in [5.41, 5.74) is 7.52. The highest BCUT2D eigenvalue weighted by atomic mass is 16.5. The molecular weight excluding hydrogens is 254 g/mol. The first kappa shape index (κ1) is 14.6. The van der Waals surface area contributed by atoms with E-state index in [-0.39, 0.29) is 0 Å². The maximum atomic E-state index is 5.70. The molecule has 0 radical (unpaired) electrons. The van der Waals surface area contributed by atoms with Gasteiger partial charge in [-0.3, -0.25) is 0 Å². The number of benzene rings is 1. The third-order valence-electron chi connectivity index (χ3n) is 3.00. The van der Waals surface area contributed by atoms with Gasteiger partial charge in [0.15, 0.2) is 0 Å². The van der Waals surface area contributed by atoms with Gasteiger partial charge in [0.2, 0.25) is 0 Å². The summed E-state index contributed by atoms with van der Waals surface area (Å²) in [5.74, 6) is 0.936. The fraction of sp³-hybridized carbons (Fsp3) is 0.400. The summed E-state index contributed by atoms with van der Waals surface area (Å²) in [6.07, 6.45) is 4.69. The van der Waals surface area contributed by atoms with Gasteiger partial charge in [0, 0.05) is 50.5 Å². The minimum Gasteiger partial charge on any atom is -0.399 e. The topological polar surface area (TPSA) is 62.3 Å². The minimum atomic E-state index is 0.669. The number of methoxy groups -OCH3 is 1. The highest BCUT2D eigenvalue weighted by molar-refractivity contribution is 5.59. The molecule has 5 heteroatoms. The number of ether oxygens (including phenoxy) is 2. The van der Waals surface area contributed by atoms with Gasteiger partial charge in [-0.05, 0) is 30.7 Å². The van der Waals surface area contributed by atoms with Crippen molar-refractivity contribution in [2.45, 2.75) is 13.0 Å². The van der Waals surface area contributed by atoms with Gasteiger partial charge in [0.05, 0.1) is 6.61 Å². The molecule has 0 atom stereocenters. The van der Waals surface area contributed by atoms with Gasteiger partial charge in [0.1, 0.15) is 5.82 Å². The van der Waals surface area contributed by atoms with Crippen LogP contribution in [0.15, 0.2) is 36.7 Å². The smallest absolute Gasteiger partial charge is 0.139 e. The Hall–Kier alpha value is -1.85. The van der Waals surface area contributed by atoms with Crippen molar-refractivity contribution >= 4 is 5.69 Å². The highest BCUT2D eigenvalue weighted by Crippen LogP contribution is 2.18. The summed E-state index contributed by atoms with van der Waals surface area (Å²) >= 11 is 0. The zero-order valence-corrected chi connectivity index (χ0v) is 11.8. The van der Waals surface area contributed by atoms with Gasteiger partial charge in [-0.1, -0.05) is 0 Å². The molecule has 0 fully saturated rings. The fourth-order valence-electron chi connectivity index (χ4n) is 1.95. The van der Waals surface area contributed by atoms with Crippen LogP contribution in [0.2, 0.25) is 0 Å². The van der Waals surface area contributed by atoms with Gasteiger partial charge in [-0.15, -0.1) is 0 Å². The van der Waals surface area contributed by atoms with Crippen LogP contribution >= 0.6 is 0 Å². The number of aromatic nitrogens is 2. The van der Waals surface area contributed by atoms with Crippen molar-refractivity contribution in [3.63, 3.8) is 0 Å². The van der Waals surface area contributed by atoms with Crippen molar-refractivity contribution < 1.29 is 9.47 Å². The third kappa shape index (κ3) is 4.08. The number of anilines is 1. The van der Waals surface area contributed by atoms with E-state index in [0.717, 1.165) is 43.3 Å². The lowest BCUT2D eigenvalue weighted by molar-refractivity contribution is 0.0979. The number of imidazole rings is 1. The van der Waals surface area contributed by atoms with E-state index in [2.05, 4.69) is 9.55 Å². The normalized spacial score (nSPS) is 10.8. The molecule has 0 aliphatic carbocycles. The average molecular weight is 275 g/mol. The standard InChI is InChI=1S/C15H21N3O2/c1-19-10-2-11-20-12-9-18-8-7-17-15(18)13-3-5-14(16)6-4-13/h3-8H,2,9-12,16H2,1H3. The number of rotatable bonds is 8. The van der Waals surface area contributed by atoms with E-state index >= 15 is 0 Å². The van der Waals surface area contributed by atoms with Gasteiger partial charge in [-0.2, -0.15) is 0 Å². The Kier molecular flexibility index (Phi) is 5.58. The monoisotopic (exact) mass is 275 g/mol. The summed E-state index contributed by atoms with van der Waals surface area (Å²) < 4.78 is 12.6. The Morgan fingerprint density at radius 1 is 1.15 bits per heavy atom. The molecule has 5 nitrogen and oxygen atoms in total. The van der Waals surface area contributed by atoms with Gasteiger partial charge in [-0.25, -0.2) is 4.98 Å². The van der Waals surface area contributed by atoms with Crippen molar-refractivity contribution in [1.29, 1.82) is 0 Å². The maximum Gasteiger partial charge on any atom is 0.139 e. The quantitative estimate of drug-likeness (QED) is 0.592. The predicted octanol–water partition coefficient (Wildman–Crippen LogP) is 2.19. The van der Waals surface area contributed by atoms with Crippen molar-refractivity contribution in [1.82, 2.24) is 9.55 Å². The summed E-state index contributed by atoms with van der Waals surface area (Å²) in [4.78, 5) is 4.39. The van der Waals surface area contributed by atoms with Crippen LogP contribution in [0.4, 0.5) is 5.69 Å². The third-order valence-corrected chi connectivity index (χ3v) is 3.00. The number of nitrogen functional groups attached to an aromatic ring is 1. The largest absolute Gasteiger partial charge is 0.399 e. The Balaban J connectivity index is 1.87. The summed E-state index contributed by atoms with van der Waals surface area (Å²) in [7, 11) is 1.70. The lowest BCUT2D eigenvalue weighted by atomic mass is 10.2. The van der Waals surface area contributed by atoms with Gasteiger partial charge < -0.3 is 19.8 Å². The fourth-order valence-corrected chi connectivity index (χ4v) is 1.95. The predicted molar refractivity (Wildman–Crippen MR) is 79.4 cm³/mol. The maximum absolute atomic E-state index is 5.70. The molecule has 108 valence electrons. The molecule has 2 aromatic rings. The van der Waals surface area contributed by atoms with Crippen molar-refractivity contribution in [2.24, 2.45) is 0 Å². The van der Waals surface area contributed by atoms with Crippen LogP contribution in [0.1, 0.15) is 6.42 Å². The Morgan fingerprint density at radius 2 is 1.95 bits per heavy atom. The Bertz CT molecular complexity index is 508. The van der Waals surface area contributed by atoms with Crippen molar-refractivity contribution in [2.75, 3.05) is 32.7 Å². The van der Waals surface area contributed by atoms with E-state index in [1.54, 1.807) is 13.3 Å². The van der Waals surface area contributed by atoms with Crippen LogP contribution in [-0.4, -0.2) is 36.5 Å². The van der Waals surface area contributed by atoms with Crippen LogP contribution in [0.5, 0.6) is 0 Å². The summed E-state index contributed by atoms with van der Waals surface area (Å²) in [5, 5.41) is 0. The number of nitrogens with zero attached hydrogens (tertiary/aromatic N) is 2. The van der Waals surface area contributed by atoms with E-state index in [0.29, 0.717) is 6.61 Å². The highest BCUT2D eigenvalue weighted by Gasteiger charge is 2.05. The molecule has 0 saturated carbocycles. The van der Waals surface area contributed by atoms with E-state index in [4.69, 9.17) is 15.2 Å². The molecule has 0 aliphatic rings. The first-order valence-corrected chi connectivity index (χ1v) is 6.75. The second-order valence-corrected chi connectivity index (χ2v) is 4.52. The molecule has 1 heterocycles. The molecule has 0 aliphatic heterocycles. The SMILES string of the molecule is COCCCOCCn1ccnc1-c1ccc(N)cc1. The Morgan fingerprint density at radius 3 is 2.70 bits per heavy atom. The van der Waals surface area contributed by atoms with E-state index < -0.39 is 0 Å². The molecular formula is C15H21N3O2. The average Bonchev–Trinajstić information content (AvgIpc) is 2.92. The number of nitrogens with two attached hydrogens (primary N) is 1. The van der Waals surface area contributed by atoms with Crippen LogP contribution in [0.3, 0.4) is 0 Å². The molecule has 0 amide bonds. The molecule has 2 rings (SSSR count). The second-order valence-electron chi connectivity index (χ2n) is 4.52. The molecule has 2 N–H and O–H groups in total. The molecule has 0 unspecified atom stereocenters. The summed E-state index contributed by atoms with van der Waals surface area (Å²) in [6, 6.07) is 7.73. The van der Waals surface area contributed by atoms with E-state index in [1.165, 1.54) is 0 Å². The number of hydrogen-bond donors (Lipinski definition) is 1. The number of hydrogen-bond acceptors (Lipinski definition) is 4. The first-order chi connectivity index (χ1) is 9.81. The molecule has 1 aromatic carbocycles. The van der Waals surface area contributed by atoms with Crippen molar-refractivity contribution in [3.05, 3.63) is 36.7 Å². The van der Waals surface area contributed by atoms with Crippen LogP contribution in [-0.2, 0) is 16.0 Å². The molecule has 20 heavy (non-hydrogen) atoms. The first-order valence-electron chi connectivity index (χ1n) is 6.75. The van der Waals surface area contributed by atoms with Crippen LogP contribution in [0.25, 0.3) is 11.4 Å². The van der Waals surface area contributed by atoms with Gasteiger partial charge in [0.25, 0.3) is 0 Å². The van der Waals surface area contributed by atoms with E-state index in [9.17, 15) is 0 Å². The molecule has 0 spiro atoms. The second kappa shape index (κ2) is 7.67. The van der Waals surface area contributed by atoms with E-state index in [1.807, 2.05) is 30.5 Å². The van der Waals surface area contributed by atoms with Gasteiger partial charge >= 0.3 is 0 Å². The zero-order chi connectivity index (χ0) is 14.2.